The van der Waals surface area contributed by atoms with E-state index in [1.807, 2.05) is 17.9 Å². The highest BCUT2D eigenvalue weighted by molar-refractivity contribution is 5.16. The fourth-order valence-corrected chi connectivity index (χ4v) is 2.15. The van der Waals surface area contributed by atoms with Crippen LogP contribution >= 0.6 is 0 Å². The Labute approximate surface area is 114 Å². The first-order valence-corrected chi connectivity index (χ1v) is 6.89. The second kappa shape index (κ2) is 6.02. The molecule has 0 aromatic carbocycles. The van der Waals surface area contributed by atoms with E-state index in [9.17, 15) is 0 Å². The van der Waals surface area contributed by atoms with Crippen LogP contribution in [0.2, 0.25) is 0 Å². The van der Waals surface area contributed by atoms with Crippen LogP contribution < -0.4 is 5.32 Å². The number of nitrogens with one attached hydrogen (secondary N) is 1. The normalized spacial score (nSPS) is 11.2. The molecule has 2 heterocycles. The summed E-state index contributed by atoms with van der Waals surface area (Å²) in [7, 11) is 1.97. The molecule has 2 aromatic heterocycles. The van der Waals surface area contributed by atoms with Gasteiger partial charge in [-0.25, -0.2) is 0 Å². The minimum atomic E-state index is 0.842. The molecule has 0 aliphatic rings. The Hall–Kier alpha value is -1.62. The van der Waals surface area contributed by atoms with Gasteiger partial charge in [-0.05, 0) is 26.3 Å². The molecule has 0 aliphatic heterocycles. The molecule has 104 valence electrons. The Morgan fingerprint density at radius 2 is 2.05 bits per heavy atom. The lowest BCUT2D eigenvalue weighted by Gasteiger charge is -2.06. The minimum Gasteiger partial charge on any atom is -0.307 e. The summed E-state index contributed by atoms with van der Waals surface area (Å²) in [6.07, 6.45) is 2.92. The summed E-state index contributed by atoms with van der Waals surface area (Å²) in [4.78, 5) is 0. The van der Waals surface area contributed by atoms with Gasteiger partial charge in [0.25, 0.3) is 0 Å². The molecule has 0 radical (unpaired) electrons. The van der Waals surface area contributed by atoms with E-state index in [-0.39, 0.29) is 0 Å². The predicted octanol–water partition coefficient (Wildman–Crippen LogP) is 1.80. The summed E-state index contributed by atoms with van der Waals surface area (Å²) in [5, 5.41) is 12.3. The van der Waals surface area contributed by atoms with Crippen LogP contribution in [0.15, 0.2) is 12.3 Å². The van der Waals surface area contributed by atoms with E-state index in [1.54, 1.807) is 0 Å². The SMILES string of the molecule is CCc1cc(CNCc2cnn(C)c2C)n(CC)n1. The zero-order chi connectivity index (χ0) is 13.8. The second-order valence-electron chi connectivity index (χ2n) is 4.78. The lowest BCUT2D eigenvalue weighted by atomic mass is 10.2. The van der Waals surface area contributed by atoms with E-state index in [4.69, 9.17) is 0 Å². The van der Waals surface area contributed by atoms with Crippen molar-refractivity contribution < 1.29 is 0 Å². The van der Waals surface area contributed by atoms with Crippen molar-refractivity contribution >= 4 is 0 Å². The summed E-state index contributed by atoms with van der Waals surface area (Å²) in [6.45, 7) is 8.96. The van der Waals surface area contributed by atoms with E-state index in [0.717, 1.165) is 31.7 Å². The zero-order valence-electron chi connectivity index (χ0n) is 12.3. The molecule has 2 aromatic rings. The quantitative estimate of drug-likeness (QED) is 0.862. The Morgan fingerprint density at radius 1 is 1.26 bits per heavy atom. The number of nitrogens with zero attached hydrogens (tertiary/aromatic N) is 4. The van der Waals surface area contributed by atoms with Crippen LogP contribution in [0, 0.1) is 6.92 Å². The lowest BCUT2D eigenvalue weighted by molar-refractivity contribution is 0.576. The van der Waals surface area contributed by atoms with Crippen molar-refractivity contribution in [3.05, 3.63) is 34.9 Å². The molecular formula is C14H23N5. The Balaban J connectivity index is 1.95. The van der Waals surface area contributed by atoms with Gasteiger partial charge in [-0.15, -0.1) is 0 Å². The van der Waals surface area contributed by atoms with Gasteiger partial charge in [0.2, 0.25) is 0 Å². The van der Waals surface area contributed by atoms with Crippen LogP contribution in [0.5, 0.6) is 0 Å². The van der Waals surface area contributed by atoms with Crippen LogP contribution in [0.1, 0.15) is 36.5 Å². The maximum atomic E-state index is 4.55. The summed E-state index contributed by atoms with van der Waals surface area (Å²) in [5.41, 5.74) is 4.88. The number of aryl methyl sites for hydroxylation is 3. The maximum Gasteiger partial charge on any atom is 0.0625 e. The van der Waals surface area contributed by atoms with Gasteiger partial charge in [0.1, 0.15) is 0 Å². The Bertz CT molecular complexity index is 538. The van der Waals surface area contributed by atoms with Gasteiger partial charge in [0, 0.05) is 37.9 Å². The largest absolute Gasteiger partial charge is 0.307 e. The predicted molar refractivity (Wildman–Crippen MR) is 75.8 cm³/mol. The first kappa shape index (κ1) is 13.8. The van der Waals surface area contributed by atoms with Crippen LogP contribution in [0.25, 0.3) is 0 Å². The van der Waals surface area contributed by atoms with Gasteiger partial charge in [-0.1, -0.05) is 6.92 Å². The second-order valence-corrected chi connectivity index (χ2v) is 4.78. The Morgan fingerprint density at radius 3 is 2.63 bits per heavy atom. The summed E-state index contributed by atoms with van der Waals surface area (Å²) >= 11 is 0. The topological polar surface area (TPSA) is 47.7 Å². The van der Waals surface area contributed by atoms with Crippen molar-refractivity contribution in [3.8, 4) is 0 Å². The smallest absolute Gasteiger partial charge is 0.0625 e. The Kier molecular flexibility index (Phi) is 4.37. The van der Waals surface area contributed by atoms with Gasteiger partial charge in [-0.2, -0.15) is 10.2 Å². The van der Waals surface area contributed by atoms with Crippen molar-refractivity contribution in [1.29, 1.82) is 0 Å². The third-order valence-corrected chi connectivity index (χ3v) is 3.53. The average molecular weight is 261 g/mol. The molecule has 2 rings (SSSR count). The third-order valence-electron chi connectivity index (χ3n) is 3.53. The fraction of sp³-hybridized carbons (Fsp3) is 0.571. The standard InChI is InChI=1S/C14H23N5/c1-5-13-7-14(19(6-2)17-13)10-15-8-12-9-16-18(4)11(12)3/h7,9,15H,5-6,8,10H2,1-4H3. The van der Waals surface area contributed by atoms with E-state index in [1.165, 1.54) is 17.0 Å². The van der Waals surface area contributed by atoms with Gasteiger partial charge in [-0.3, -0.25) is 9.36 Å². The van der Waals surface area contributed by atoms with Gasteiger partial charge in [0.05, 0.1) is 17.6 Å². The summed E-state index contributed by atoms with van der Waals surface area (Å²) < 4.78 is 3.98. The molecule has 0 amide bonds. The van der Waals surface area contributed by atoms with Crippen LogP contribution in [-0.4, -0.2) is 19.6 Å². The van der Waals surface area contributed by atoms with Crippen molar-refractivity contribution in [2.24, 2.45) is 7.05 Å². The van der Waals surface area contributed by atoms with Gasteiger partial charge >= 0.3 is 0 Å². The van der Waals surface area contributed by atoms with Gasteiger partial charge in [0.15, 0.2) is 0 Å². The van der Waals surface area contributed by atoms with E-state index < -0.39 is 0 Å². The van der Waals surface area contributed by atoms with E-state index in [0.29, 0.717) is 0 Å². The number of aromatic nitrogens is 4. The van der Waals surface area contributed by atoms with Crippen molar-refractivity contribution in [2.75, 3.05) is 0 Å². The molecule has 0 atom stereocenters. The van der Waals surface area contributed by atoms with Crippen LogP contribution in [0.4, 0.5) is 0 Å². The summed E-state index contributed by atoms with van der Waals surface area (Å²) in [6, 6.07) is 2.19. The highest BCUT2D eigenvalue weighted by atomic mass is 15.3. The molecule has 5 heteroatoms. The third kappa shape index (κ3) is 3.04. The lowest BCUT2D eigenvalue weighted by Crippen LogP contribution is -2.16. The molecule has 1 N–H and O–H groups in total. The average Bonchev–Trinajstić information content (AvgIpc) is 2.96. The first-order chi connectivity index (χ1) is 9.15. The molecule has 0 bridgehead atoms. The highest BCUT2D eigenvalue weighted by Crippen LogP contribution is 2.08. The zero-order valence-corrected chi connectivity index (χ0v) is 12.3. The first-order valence-electron chi connectivity index (χ1n) is 6.89. The minimum absolute atomic E-state index is 0.842. The molecule has 0 saturated carbocycles. The molecule has 0 saturated heterocycles. The highest BCUT2D eigenvalue weighted by Gasteiger charge is 2.07. The fourth-order valence-electron chi connectivity index (χ4n) is 2.15. The summed E-state index contributed by atoms with van der Waals surface area (Å²) in [5.74, 6) is 0. The molecule has 19 heavy (non-hydrogen) atoms. The number of hydrogen-bond donors (Lipinski definition) is 1. The van der Waals surface area contributed by atoms with Gasteiger partial charge < -0.3 is 5.32 Å². The number of rotatable bonds is 6. The number of hydrogen-bond acceptors (Lipinski definition) is 3. The van der Waals surface area contributed by atoms with Crippen LogP contribution in [0.3, 0.4) is 0 Å². The maximum absolute atomic E-state index is 4.55. The molecule has 0 unspecified atom stereocenters. The van der Waals surface area contributed by atoms with Crippen molar-refractivity contribution in [2.45, 2.75) is 46.8 Å². The molecule has 5 nitrogen and oxygen atoms in total. The molecule has 0 aliphatic carbocycles. The van der Waals surface area contributed by atoms with E-state index in [2.05, 4.69) is 47.0 Å². The monoisotopic (exact) mass is 261 g/mol. The van der Waals surface area contributed by atoms with Crippen LogP contribution in [-0.2, 0) is 33.1 Å². The molecule has 0 fully saturated rings. The molecular weight excluding hydrogens is 238 g/mol. The van der Waals surface area contributed by atoms with Crippen molar-refractivity contribution in [3.63, 3.8) is 0 Å². The van der Waals surface area contributed by atoms with E-state index >= 15 is 0 Å². The van der Waals surface area contributed by atoms with Crippen molar-refractivity contribution in [1.82, 2.24) is 24.9 Å². The molecule has 0 spiro atoms.